The van der Waals surface area contributed by atoms with Gasteiger partial charge in [0.25, 0.3) is 0 Å². The Morgan fingerprint density at radius 3 is 2.43 bits per heavy atom. The van der Waals surface area contributed by atoms with Gasteiger partial charge in [0.1, 0.15) is 0 Å². The van der Waals surface area contributed by atoms with E-state index in [0.717, 1.165) is 43.6 Å². The highest BCUT2D eigenvalue weighted by atomic mass is 16.2. The molecule has 4 bridgehead atoms. The first-order chi connectivity index (χ1) is 11.2. The van der Waals surface area contributed by atoms with Crippen LogP contribution in [0.25, 0.3) is 0 Å². The Labute approximate surface area is 139 Å². The van der Waals surface area contributed by atoms with Crippen LogP contribution in [0, 0.1) is 23.2 Å². The van der Waals surface area contributed by atoms with Crippen molar-refractivity contribution in [2.45, 2.75) is 57.8 Å². The molecule has 0 radical (unpaired) electrons. The topological polar surface area (TPSA) is 42.0 Å². The summed E-state index contributed by atoms with van der Waals surface area (Å²) in [6.07, 6.45) is 14.7. The maximum absolute atomic E-state index is 12.8. The van der Waals surface area contributed by atoms with Gasteiger partial charge in [-0.15, -0.1) is 0 Å². The number of hydrogen-bond donors (Lipinski definition) is 1. The fourth-order valence-corrected chi connectivity index (χ4v) is 5.78. The van der Waals surface area contributed by atoms with Crippen LogP contribution in [0.2, 0.25) is 0 Å². The van der Waals surface area contributed by atoms with Gasteiger partial charge in [-0.25, -0.2) is 0 Å². The second kappa shape index (κ2) is 6.26. The van der Waals surface area contributed by atoms with Crippen LogP contribution < -0.4 is 5.32 Å². The van der Waals surface area contributed by atoms with E-state index in [1.165, 1.54) is 44.1 Å². The molecule has 0 atom stereocenters. The van der Waals surface area contributed by atoms with Gasteiger partial charge < -0.3 is 5.32 Å². The Hall–Kier alpha value is -1.38. The molecule has 0 spiro atoms. The van der Waals surface area contributed by atoms with E-state index in [0.29, 0.717) is 5.91 Å². The van der Waals surface area contributed by atoms with Crippen LogP contribution in [-0.2, 0) is 11.2 Å². The molecule has 4 fully saturated rings. The maximum atomic E-state index is 12.8. The third-order valence-electron chi connectivity index (χ3n) is 6.42. The maximum Gasteiger partial charge on any atom is 0.226 e. The van der Waals surface area contributed by atoms with Crippen LogP contribution in [0.15, 0.2) is 24.5 Å². The summed E-state index contributed by atoms with van der Waals surface area (Å²) in [7, 11) is 0. The van der Waals surface area contributed by atoms with Crippen LogP contribution >= 0.6 is 0 Å². The van der Waals surface area contributed by atoms with Gasteiger partial charge in [0.15, 0.2) is 0 Å². The van der Waals surface area contributed by atoms with Crippen LogP contribution in [0.4, 0.5) is 0 Å². The Morgan fingerprint density at radius 2 is 1.83 bits per heavy atom. The van der Waals surface area contributed by atoms with Crippen molar-refractivity contribution in [3.8, 4) is 0 Å². The fraction of sp³-hybridized carbons (Fsp3) is 0.700. The summed E-state index contributed by atoms with van der Waals surface area (Å²) in [5.41, 5.74) is 1.30. The molecule has 4 aliphatic rings. The molecule has 0 aromatic carbocycles. The monoisotopic (exact) mass is 312 g/mol. The van der Waals surface area contributed by atoms with Gasteiger partial charge in [0.05, 0.1) is 0 Å². The molecule has 3 heteroatoms. The minimum absolute atomic E-state index is 0.0120. The quantitative estimate of drug-likeness (QED) is 0.813. The van der Waals surface area contributed by atoms with Gasteiger partial charge in [-0.1, -0.05) is 6.07 Å². The van der Waals surface area contributed by atoms with Crippen molar-refractivity contribution in [3.05, 3.63) is 30.1 Å². The number of unbranched alkanes of at least 4 members (excludes halogenated alkanes) is 1. The zero-order valence-corrected chi connectivity index (χ0v) is 14.0. The number of amides is 1. The summed E-state index contributed by atoms with van der Waals surface area (Å²) in [5.74, 6) is 2.91. The van der Waals surface area contributed by atoms with Crippen LogP contribution in [0.3, 0.4) is 0 Å². The summed E-state index contributed by atoms with van der Waals surface area (Å²) in [4.78, 5) is 17.0. The van der Waals surface area contributed by atoms with Crippen molar-refractivity contribution >= 4 is 5.91 Å². The van der Waals surface area contributed by atoms with E-state index in [1.807, 2.05) is 18.5 Å². The smallest absolute Gasteiger partial charge is 0.226 e. The molecule has 0 unspecified atom stereocenters. The van der Waals surface area contributed by atoms with Gasteiger partial charge in [-0.3, -0.25) is 9.78 Å². The third kappa shape index (κ3) is 3.15. The Bertz CT molecular complexity index is 519. The van der Waals surface area contributed by atoms with Crippen LogP contribution in [-0.4, -0.2) is 17.4 Å². The van der Waals surface area contributed by atoms with E-state index in [4.69, 9.17) is 0 Å². The summed E-state index contributed by atoms with van der Waals surface area (Å²) in [6, 6.07) is 4.12. The molecule has 1 heterocycles. The number of nitrogens with zero attached hydrogens (tertiary/aromatic N) is 1. The Balaban J connectivity index is 1.23. The number of carbonyl (C=O) groups excluding carboxylic acids is 1. The standard InChI is InChI=1S/C20H28N2O/c23-19(22-7-2-1-4-15-5-3-6-21-14-15)20-11-16-8-17(12-20)10-18(9-16)13-20/h3,5-6,14,16-18H,1-2,4,7-13H2,(H,22,23). The molecule has 3 nitrogen and oxygen atoms in total. The van der Waals surface area contributed by atoms with Gasteiger partial charge in [-0.2, -0.15) is 0 Å². The number of nitrogens with one attached hydrogen (secondary N) is 1. The molecule has 4 saturated carbocycles. The molecule has 1 N–H and O–H groups in total. The zero-order chi connectivity index (χ0) is 15.7. The lowest BCUT2D eigenvalue weighted by Crippen LogP contribution is -2.53. The largest absolute Gasteiger partial charge is 0.356 e. The highest BCUT2D eigenvalue weighted by Crippen LogP contribution is 2.60. The van der Waals surface area contributed by atoms with Crippen molar-refractivity contribution in [2.75, 3.05) is 6.54 Å². The van der Waals surface area contributed by atoms with Crippen molar-refractivity contribution in [3.63, 3.8) is 0 Å². The first-order valence-corrected chi connectivity index (χ1v) is 9.41. The highest BCUT2D eigenvalue weighted by molar-refractivity contribution is 5.83. The van der Waals surface area contributed by atoms with Gasteiger partial charge in [0, 0.05) is 24.4 Å². The lowest BCUT2D eigenvalue weighted by atomic mass is 9.49. The molecule has 1 aromatic heterocycles. The Morgan fingerprint density at radius 1 is 1.13 bits per heavy atom. The third-order valence-corrected chi connectivity index (χ3v) is 6.42. The number of aromatic nitrogens is 1. The van der Waals surface area contributed by atoms with E-state index in [1.54, 1.807) is 0 Å². The summed E-state index contributed by atoms with van der Waals surface area (Å²) < 4.78 is 0. The number of aryl methyl sites for hydroxylation is 1. The molecule has 1 aromatic rings. The van der Waals surface area contributed by atoms with E-state index in [-0.39, 0.29) is 5.41 Å². The molecular weight excluding hydrogens is 284 g/mol. The first-order valence-electron chi connectivity index (χ1n) is 9.41. The molecular formula is C20H28N2O. The van der Waals surface area contributed by atoms with Gasteiger partial charge >= 0.3 is 0 Å². The predicted molar refractivity (Wildman–Crippen MR) is 90.8 cm³/mol. The molecule has 124 valence electrons. The molecule has 23 heavy (non-hydrogen) atoms. The number of hydrogen-bond acceptors (Lipinski definition) is 2. The van der Waals surface area contributed by atoms with Crippen molar-refractivity contribution in [2.24, 2.45) is 23.2 Å². The first kappa shape index (κ1) is 15.2. The SMILES string of the molecule is O=C(NCCCCc1cccnc1)C12CC3CC(CC(C3)C1)C2. The normalized spacial score (nSPS) is 34.5. The molecule has 0 aliphatic heterocycles. The van der Waals surface area contributed by atoms with E-state index in [9.17, 15) is 4.79 Å². The number of pyridine rings is 1. The van der Waals surface area contributed by atoms with Crippen molar-refractivity contribution < 1.29 is 4.79 Å². The zero-order valence-electron chi connectivity index (χ0n) is 14.0. The second-order valence-corrected chi connectivity index (χ2v) is 8.27. The summed E-state index contributed by atoms with van der Waals surface area (Å²) >= 11 is 0. The molecule has 1 amide bonds. The van der Waals surface area contributed by atoms with Crippen LogP contribution in [0.5, 0.6) is 0 Å². The number of rotatable bonds is 6. The fourth-order valence-electron chi connectivity index (χ4n) is 5.78. The lowest BCUT2D eigenvalue weighted by molar-refractivity contribution is -0.146. The predicted octanol–water partition coefficient (Wildman–Crippen LogP) is 3.74. The summed E-state index contributed by atoms with van der Waals surface area (Å²) in [5, 5.41) is 3.27. The minimum Gasteiger partial charge on any atom is -0.356 e. The second-order valence-electron chi connectivity index (χ2n) is 8.27. The molecule has 5 rings (SSSR count). The minimum atomic E-state index is 0.0120. The Kier molecular flexibility index (Phi) is 4.13. The van der Waals surface area contributed by atoms with E-state index < -0.39 is 0 Å². The lowest BCUT2D eigenvalue weighted by Gasteiger charge is -2.55. The van der Waals surface area contributed by atoms with E-state index >= 15 is 0 Å². The molecule has 0 saturated heterocycles. The van der Waals surface area contributed by atoms with Crippen LogP contribution in [0.1, 0.15) is 56.9 Å². The molecule has 4 aliphatic carbocycles. The van der Waals surface area contributed by atoms with E-state index in [2.05, 4.69) is 16.4 Å². The average Bonchev–Trinajstić information content (AvgIpc) is 2.54. The van der Waals surface area contributed by atoms with Crippen molar-refractivity contribution in [1.82, 2.24) is 10.3 Å². The highest BCUT2D eigenvalue weighted by Gasteiger charge is 2.54. The summed E-state index contributed by atoms with van der Waals surface area (Å²) in [6.45, 7) is 0.834. The van der Waals surface area contributed by atoms with Gasteiger partial charge in [-0.05, 0) is 87.2 Å². The average molecular weight is 312 g/mol. The van der Waals surface area contributed by atoms with Gasteiger partial charge in [0.2, 0.25) is 5.91 Å². The van der Waals surface area contributed by atoms with Crippen molar-refractivity contribution in [1.29, 1.82) is 0 Å². The number of carbonyl (C=O) groups is 1.